The Kier molecular flexibility index (Phi) is 8.18. The van der Waals surface area contributed by atoms with Crippen molar-refractivity contribution in [3.63, 3.8) is 0 Å². The maximum atomic E-state index is 11.7. The van der Waals surface area contributed by atoms with Crippen LogP contribution in [-0.4, -0.2) is 39.3 Å². The fourth-order valence-corrected chi connectivity index (χ4v) is 2.67. The number of rotatable bonds is 10. The molecule has 5 nitrogen and oxygen atoms in total. The minimum atomic E-state index is 0.0378. The largest absolute Gasteiger partial charge is 0.497 e. The lowest BCUT2D eigenvalue weighted by Crippen LogP contribution is -2.36. The summed E-state index contributed by atoms with van der Waals surface area (Å²) in [6.45, 7) is 2.21. The number of allylic oxidation sites excluding steroid dienone is 1. The van der Waals surface area contributed by atoms with Gasteiger partial charge in [-0.3, -0.25) is 4.79 Å². The average Bonchev–Trinajstić information content (AvgIpc) is 2.63. The maximum Gasteiger partial charge on any atom is 0.233 e. The number of carbonyl (C=O) groups is 1. The van der Waals surface area contributed by atoms with Crippen molar-refractivity contribution in [3.05, 3.63) is 35.9 Å². The van der Waals surface area contributed by atoms with Crippen molar-refractivity contribution in [2.45, 2.75) is 32.1 Å². The monoisotopic (exact) mass is 332 g/mol. The molecule has 0 unspecified atom stereocenters. The second-order valence-corrected chi connectivity index (χ2v) is 5.91. The van der Waals surface area contributed by atoms with Crippen molar-refractivity contribution in [1.29, 1.82) is 0 Å². The highest BCUT2D eigenvalue weighted by atomic mass is 16.5. The smallest absolute Gasteiger partial charge is 0.233 e. The Balaban J connectivity index is 1.48. The number of methoxy groups -OCH3 is 1. The molecule has 0 aromatic heterocycles. The van der Waals surface area contributed by atoms with Gasteiger partial charge in [0.1, 0.15) is 18.1 Å². The van der Waals surface area contributed by atoms with Crippen molar-refractivity contribution < 1.29 is 14.3 Å². The van der Waals surface area contributed by atoms with Crippen molar-refractivity contribution in [1.82, 2.24) is 10.6 Å². The van der Waals surface area contributed by atoms with E-state index in [9.17, 15) is 4.79 Å². The van der Waals surface area contributed by atoms with Crippen LogP contribution in [0.3, 0.4) is 0 Å². The molecule has 0 fully saturated rings. The van der Waals surface area contributed by atoms with Gasteiger partial charge in [-0.05, 0) is 56.4 Å². The Morgan fingerprint density at radius 3 is 2.62 bits per heavy atom. The molecule has 0 aliphatic heterocycles. The molecule has 1 aromatic rings. The Morgan fingerprint density at radius 2 is 1.92 bits per heavy atom. The Bertz CT molecular complexity index is 526. The molecule has 5 heteroatoms. The van der Waals surface area contributed by atoms with Crippen molar-refractivity contribution in [2.24, 2.45) is 0 Å². The highest BCUT2D eigenvalue weighted by Gasteiger charge is 2.05. The first kappa shape index (κ1) is 18.3. The van der Waals surface area contributed by atoms with E-state index < -0.39 is 0 Å². The van der Waals surface area contributed by atoms with E-state index in [1.807, 2.05) is 24.3 Å². The molecule has 1 aromatic carbocycles. The van der Waals surface area contributed by atoms with Crippen LogP contribution < -0.4 is 20.1 Å². The minimum Gasteiger partial charge on any atom is -0.497 e. The highest BCUT2D eigenvalue weighted by Crippen LogP contribution is 2.19. The summed E-state index contributed by atoms with van der Waals surface area (Å²) in [5.41, 5.74) is 1.49. The standard InChI is InChI=1S/C19H28N2O3/c1-23-17-7-9-18(10-8-17)24-14-13-20-15-19(22)21-12-11-16-5-3-2-4-6-16/h5,7-10,20H,2-4,6,11-15H2,1H3,(H,21,22). The van der Waals surface area contributed by atoms with Crippen molar-refractivity contribution in [3.8, 4) is 11.5 Å². The third-order valence-electron chi connectivity index (χ3n) is 4.05. The summed E-state index contributed by atoms with van der Waals surface area (Å²) >= 11 is 0. The van der Waals surface area contributed by atoms with Crippen molar-refractivity contribution >= 4 is 5.91 Å². The molecule has 1 aliphatic rings. The second kappa shape index (κ2) is 10.7. The van der Waals surface area contributed by atoms with E-state index >= 15 is 0 Å². The van der Waals surface area contributed by atoms with Crippen LogP contribution in [0.5, 0.6) is 11.5 Å². The Labute approximate surface area is 144 Å². The molecule has 1 aliphatic carbocycles. The van der Waals surface area contributed by atoms with E-state index in [1.165, 1.54) is 31.3 Å². The van der Waals surface area contributed by atoms with Crippen LogP contribution >= 0.6 is 0 Å². The van der Waals surface area contributed by atoms with E-state index in [4.69, 9.17) is 9.47 Å². The summed E-state index contributed by atoms with van der Waals surface area (Å²) in [7, 11) is 1.64. The molecule has 132 valence electrons. The summed E-state index contributed by atoms with van der Waals surface area (Å²) in [5, 5.41) is 6.04. The molecule has 2 rings (SSSR count). The first-order chi connectivity index (χ1) is 11.8. The number of benzene rings is 1. The van der Waals surface area contributed by atoms with E-state index in [0.717, 1.165) is 24.5 Å². The van der Waals surface area contributed by atoms with Gasteiger partial charge in [-0.15, -0.1) is 0 Å². The molecule has 0 atom stereocenters. The molecule has 2 N–H and O–H groups in total. The molecular weight excluding hydrogens is 304 g/mol. The number of hydrogen-bond donors (Lipinski definition) is 2. The van der Waals surface area contributed by atoms with Gasteiger partial charge in [0, 0.05) is 13.1 Å². The number of carbonyl (C=O) groups excluding carboxylic acids is 1. The molecule has 24 heavy (non-hydrogen) atoms. The van der Waals surface area contributed by atoms with Gasteiger partial charge in [-0.1, -0.05) is 11.6 Å². The van der Waals surface area contributed by atoms with Crippen LogP contribution in [0.1, 0.15) is 32.1 Å². The summed E-state index contributed by atoms with van der Waals surface area (Å²) in [4.78, 5) is 11.7. The summed E-state index contributed by atoms with van der Waals surface area (Å²) in [6, 6.07) is 7.45. The Morgan fingerprint density at radius 1 is 1.12 bits per heavy atom. The van der Waals surface area contributed by atoms with Gasteiger partial charge in [0.05, 0.1) is 13.7 Å². The number of hydrogen-bond acceptors (Lipinski definition) is 4. The summed E-state index contributed by atoms with van der Waals surface area (Å²) < 4.78 is 10.7. The minimum absolute atomic E-state index is 0.0378. The highest BCUT2D eigenvalue weighted by molar-refractivity contribution is 5.77. The van der Waals surface area contributed by atoms with E-state index in [1.54, 1.807) is 7.11 Å². The third-order valence-corrected chi connectivity index (χ3v) is 4.05. The van der Waals surface area contributed by atoms with Gasteiger partial charge in [-0.25, -0.2) is 0 Å². The molecule has 1 amide bonds. The SMILES string of the molecule is COc1ccc(OCCNCC(=O)NCCC2=CCCCC2)cc1. The fraction of sp³-hybridized carbons (Fsp3) is 0.526. The van der Waals surface area contributed by atoms with Gasteiger partial charge in [0.15, 0.2) is 0 Å². The van der Waals surface area contributed by atoms with Crippen LogP contribution in [0, 0.1) is 0 Å². The van der Waals surface area contributed by atoms with Gasteiger partial charge in [-0.2, -0.15) is 0 Å². The number of ether oxygens (including phenoxy) is 2. The van der Waals surface area contributed by atoms with Gasteiger partial charge >= 0.3 is 0 Å². The fourth-order valence-electron chi connectivity index (χ4n) is 2.67. The van der Waals surface area contributed by atoms with Gasteiger partial charge < -0.3 is 20.1 Å². The number of amides is 1. The topological polar surface area (TPSA) is 59.6 Å². The van der Waals surface area contributed by atoms with Crippen LogP contribution in [0.25, 0.3) is 0 Å². The molecule has 0 saturated carbocycles. The molecule has 0 saturated heterocycles. The van der Waals surface area contributed by atoms with Gasteiger partial charge in [0.2, 0.25) is 5.91 Å². The predicted octanol–water partition coefficient (Wildman–Crippen LogP) is 2.67. The zero-order valence-corrected chi connectivity index (χ0v) is 14.5. The quantitative estimate of drug-likeness (QED) is 0.511. The second-order valence-electron chi connectivity index (χ2n) is 5.91. The lowest BCUT2D eigenvalue weighted by molar-refractivity contribution is -0.120. The zero-order chi connectivity index (χ0) is 17.0. The van der Waals surface area contributed by atoms with Gasteiger partial charge in [0.25, 0.3) is 0 Å². The summed E-state index contributed by atoms with van der Waals surface area (Å²) in [5.74, 6) is 1.64. The molecule has 0 heterocycles. The summed E-state index contributed by atoms with van der Waals surface area (Å²) in [6.07, 6.45) is 8.28. The van der Waals surface area contributed by atoms with E-state index in [0.29, 0.717) is 19.7 Å². The average molecular weight is 332 g/mol. The lowest BCUT2D eigenvalue weighted by Gasteiger charge is -2.13. The number of nitrogens with one attached hydrogen (secondary N) is 2. The molecular formula is C19H28N2O3. The van der Waals surface area contributed by atoms with Crippen LogP contribution in [0.4, 0.5) is 0 Å². The lowest BCUT2D eigenvalue weighted by atomic mass is 9.97. The first-order valence-corrected chi connectivity index (χ1v) is 8.70. The Hall–Kier alpha value is -2.01. The van der Waals surface area contributed by atoms with Crippen LogP contribution in [-0.2, 0) is 4.79 Å². The predicted molar refractivity (Wildman–Crippen MR) is 95.5 cm³/mol. The third kappa shape index (κ3) is 7.04. The zero-order valence-electron chi connectivity index (χ0n) is 14.5. The first-order valence-electron chi connectivity index (χ1n) is 8.70. The van der Waals surface area contributed by atoms with E-state index in [2.05, 4.69) is 16.7 Å². The molecule has 0 spiro atoms. The van der Waals surface area contributed by atoms with Crippen molar-refractivity contribution in [2.75, 3.05) is 33.4 Å². The maximum absolute atomic E-state index is 11.7. The molecule has 0 radical (unpaired) electrons. The molecule has 0 bridgehead atoms. The van der Waals surface area contributed by atoms with E-state index in [-0.39, 0.29) is 5.91 Å². The normalized spacial score (nSPS) is 14.0. The van der Waals surface area contributed by atoms with Crippen LogP contribution in [0.15, 0.2) is 35.9 Å². The van der Waals surface area contributed by atoms with Crippen LogP contribution in [0.2, 0.25) is 0 Å².